The van der Waals surface area contributed by atoms with Crippen LogP contribution in [0.1, 0.15) is 25.1 Å². The van der Waals surface area contributed by atoms with Crippen LogP contribution in [0.4, 0.5) is 5.69 Å². The minimum Gasteiger partial charge on any atom is -0.497 e. The summed E-state index contributed by atoms with van der Waals surface area (Å²) in [5.74, 6) is 0.475. The lowest BCUT2D eigenvalue weighted by atomic mass is 10.1. The first-order chi connectivity index (χ1) is 14.5. The molecule has 2 heterocycles. The Kier molecular flexibility index (Phi) is 7.12. The molecule has 160 valence electrons. The second kappa shape index (κ2) is 9.77. The van der Waals surface area contributed by atoms with E-state index in [0.29, 0.717) is 42.3 Å². The number of carbonyl (C=O) groups is 2. The first-order valence-corrected chi connectivity index (χ1v) is 10.6. The number of methoxy groups -OCH3 is 2. The number of anilines is 1. The van der Waals surface area contributed by atoms with Crippen LogP contribution in [-0.2, 0) is 14.3 Å². The van der Waals surface area contributed by atoms with Gasteiger partial charge in [-0.05, 0) is 43.8 Å². The van der Waals surface area contributed by atoms with Gasteiger partial charge >= 0.3 is 0 Å². The average molecular weight is 431 g/mol. The maximum atomic E-state index is 13.2. The van der Waals surface area contributed by atoms with Crippen molar-refractivity contribution >= 4 is 34.4 Å². The third-order valence-corrected chi connectivity index (χ3v) is 5.47. The predicted molar refractivity (Wildman–Crippen MR) is 117 cm³/mol. The zero-order chi connectivity index (χ0) is 21.7. The second-order valence-corrected chi connectivity index (χ2v) is 7.90. The molecule has 7 nitrogen and oxygen atoms in total. The molecule has 1 aromatic carbocycles. The number of ether oxygens (including phenoxy) is 3. The highest BCUT2D eigenvalue weighted by atomic mass is 32.1. The second-order valence-electron chi connectivity index (χ2n) is 6.95. The fraction of sp³-hybridized carbons (Fsp3) is 0.364. The fourth-order valence-electron chi connectivity index (χ4n) is 3.13. The molecule has 0 fully saturated rings. The molecule has 1 N–H and O–H groups in total. The molecule has 8 heteroatoms. The van der Waals surface area contributed by atoms with Crippen LogP contribution in [0.15, 0.2) is 41.4 Å². The van der Waals surface area contributed by atoms with Crippen LogP contribution >= 0.6 is 11.3 Å². The number of rotatable bonds is 10. The van der Waals surface area contributed by atoms with E-state index in [1.807, 2.05) is 31.4 Å². The zero-order valence-corrected chi connectivity index (χ0v) is 18.4. The van der Waals surface area contributed by atoms with E-state index in [1.54, 1.807) is 32.4 Å². The molecule has 0 unspecified atom stereocenters. The highest BCUT2D eigenvalue weighted by molar-refractivity contribution is 7.11. The molecule has 3 rings (SSSR count). The third kappa shape index (κ3) is 4.66. The first-order valence-electron chi connectivity index (χ1n) is 9.71. The molecule has 1 aliphatic heterocycles. The predicted octanol–water partition coefficient (Wildman–Crippen LogP) is 3.77. The molecule has 30 heavy (non-hydrogen) atoms. The highest BCUT2D eigenvalue weighted by Crippen LogP contribution is 2.36. The largest absolute Gasteiger partial charge is 0.497 e. The van der Waals surface area contributed by atoms with E-state index in [4.69, 9.17) is 14.2 Å². The summed E-state index contributed by atoms with van der Waals surface area (Å²) in [6.45, 7) is 4.67. The quantitative estimate of drug-likeness (QED) is 0.457. The molecule has 0 spiro atoms. The van der Waals surface area contributed by atoms with Gasteiger partial charge in [-0.2, -0.15) is 0 Å². The Balaban J connectivity index is 1.91. The van der Waals surface area contributed by atoms with E-state index < -0.39 is 0 Å². The van der Waals surface area contributed by atoms with Crippen molar-refractivity contribution in [3.8, 4) is 11.5 Å². The maximum absolute atomic E-state index is 13.2. The van der Waals surface area contributed by atoms with Crippen molar-refractivity contribution in [2.24, 2.45) is 0 Å². The van der Waals surface area contributed by atoms with Gasteiger partial charge in [0.25, 0.3) is 11.8 Å². The van der Waals surface area contributed by atoms with Crippen LogP contribution in [0.3, 0.4) is 0 Å². The van der Waals surface area contributed by atoms with E-state index in [-0.39, 0.29) is 23.6 Å². The Morgan fingerprint density at radius 1 is 1.10 bits per heavy atom. The van der Waals surface area contributed by atoms with Crippen molar-refractivity contribution in [2.75, 3.05) is 32.7 Å². The van der Waals surface area contributed by atoms with E-state index >= 15 is 0 Å². The zero-order valence-electron chi connectivity index (χ0n) is 17.6. The van der Waals surface area contributed by atoms with Gasteiger partial charge in [-0.25, -0.2) is 0 Å². The standard InChI is InChI=1S/C22H26N2O5S/c1-14(2)29-11-6-10-24-21(25)19(18-7-5-12-30-18)20(22(24)26)23-16-13-15(27-3)8-9-17(16)28-4/h5,7-9,12-14,23H,6,10-11H2,1-4H3. The summed E-state index contributed by atoms with van der Waals surface area (Å²) in [4.78, 5) is 28.3. The summed E-state index contributed by atoms with van der Waals surface area (Å²) in [6.07, 6.45) is 0.677. The summed E-state index contributed by atoms with van der Waals surface area (Å²) in [6, 6.07) is 8.93. The summed E-state index contributed by atoms with van der Waals surface area (Å²) in [5, 5.41) is 5.01. The Morgan fingerprint density at radius 2 is 1.90 bits per heavy atom. The normalized spacial score (nSPS) is 14.1. The SMILES string of the molecule is COc1ccc(OC)c(NC2=C(c3cccs3)C(=O)N(CCCOC(C)C)C2=O)c1. The summed E-state index contributed by atoms with van der Waals surface area (Å²) in [7, 11) is 3.11. The van der Waals surface area contributed by atoms with Gasteiger partial charge in [0, 0.05) is 24.1 Å². The Labute approximate surface area is 180 Å². The summed E-state index contributed by atoms with van der Waals surface area (Å²) in [5.41, 5.74) is 1.15. The van der Waals surface area contributed by atoms with Crippen LogP contribution in [0.2, 0.25) is 0 Å². The number of hydrogen-bond acceptors (Lipinski definition) is 7. The molecule has 0 saturated heterocycles. The summed E-state index contributed by atoms with van der Waals surface area (Å²) < 4.78 is 16.2. The summed E-state index contributed by atoms with van der Waals surface area (Å²) >= 11 is 1.41. The number of carbonyl (C=O) groups excluding carboxylic acids is 2. The minimum absolute atomic E-state index is 0.104. The van der Waals surface area contributed by atoms with Gasteiger partial charge in [0.05, 0.1) is 31.6 Å². The lowest BCUT2D eigenvalue weighted by Gasteiger charge is -2.16. The van der Waals surface area contributed by atoms with Gasteiger partial charge in [-0.15, -0.1) is 11.3 Å². The number of benzene rings is 1. The van der Waals surface area contributed by atoms with Gasteiger partial charge < -0.3 is 19.5 Å². The molecular formula is C22H26N2O5S. The number of nitrogens with one attached hydrogen (secondary N) is 1. The fourth-order valence-corrected chi connectivity index (χ4v) is 3.90. The Bertz CT molecular complexity index is 937. The van der Waals surface area contributed by atoms with Crippen molar-refractivity contribution in [1.29, 1.82) is 0 Å². The van der Waals surface area contributed by atoms with Gasteiger partial charge in [0.2, 0.25) is 0 Å². The van der Waals surface area contributed by atoms with Crippen LogP contribution in [0, 0.1) is 0 Å². The molecule has 2 aromatic rings. The lowest BCUT2D eigenvalue weighted by Crippen LogP contribution is -2.34. The van der Waals surface area contributed by atoms with Crippen molar-refractivity contribution < 1.29 is 23.8 Å². The van der Waals surface area contributed by atoms with E-state index in [2.05, 4.69) is 5.32 Å². The minimum atomic E-state index is -0.363. The molecule has 0 radical (unpaired) electrons. The van der Waals surface area contributed by atoms with Crippen LogP contribution in [0.5, 0.6) is 11.5 Å². The van der Waals surface area contributed by atoms with Crippen LogP contribution in [-0.4, -0.2) is 50.2 Å². The van der Waals surface area contributed by atoms with Crippen molar-refractivity contribution in [1.82, 2.24) is 4.90 Å². The van der Waals surface area contributed by atoms with Gasteiger partial charge in [0.15, 0.2) is 0 Å². The first kappa shape index (κ1) is 21.9. The average Bonchev–Trinajstić information content (AvgIpc) is 3.33. The number of thiophene rings is 1. The molecular weight excluding hydrogens is 404 g/mol. The molecule has 1 aromatic heterocycles. The molecule has 0 bridgehead atoms. The van der Waals surface area contributed by atoms with Crippen molar-refractivity contribution in [2.45, 2.75) is 26.4 Å². The molecule has 0 atom stereocenters. The smallest absolute Gasteiger partial charge is 0.278 e. The van der Waals surface area contributed by atoms with Crippen molar-refractivity contribution in [3.05, 3.63) is 46.3 Å². The third-order valence-electron chi connectivity index (χ3n) is 4.58. The number of amides is 2. The van der Waals surface area contributed by atoms with E-state index in [9.17, 15) is 9.59 Å². The van der Waals surface area contributed by atoms with Crippen molar-refractivity contribution in [3.63, 3.8) is 0 Å². The van der Waals surface area contributed by atoms with Crippen LogP contribution < -0.4 is 14.8 Å². The lowest BCUT2D eigenvalue weighted by molar-refractivity contribution is -0.137. The van der Waals surface area contributed by atoms with Crippen LogP contribution in [0.25, 0.3) is 5.57 Å². The Hall–Kier alpha value is -2.84. The van der Waals surface area contributed by atoms with Gasteiger partial charge in [0.1, 0.15) is 17.2 Å². The molecule has 0 aliphatic carbocycles. The monoisotopic (exact) mass is 430 g/mol. The van der Waals surface area contributed by atoms with E-state index in [0.717, 1.165) is 4.88 Å². The Morgan fingerprint density at radius 3 is 2.53 bits per heavy atom. The number of hydrogen-bond donors (Lipinski definition) is 1. The van der Waals surface area contributed by atoms with Gasteiger partial charge in [-0.3, -0.25) is 14.5 Å². The maximum Gasteiger partial charge on any atom is 0.278 e. The highest BCUT2D eigenvalue weighted by Gasteiger charge is 2.39. The molecule has 0 saturated carbocycles. The molecule has 2 amide bonds. The topological polar surface area (TPSA) is 77.1 Å². The number of imide groups is 1. The number of nitrogens with zero attached hydrogens (tertiary/aromatic N) is 1. The van der Waals surface area contributed by atoms with Gasteiger partial charge in [-0.1, -0.05) is 6.07 Å². The molecule has 1 aliphatic rings. The van der Waals surface area contributed by atoms with E-state index in [1.165, 1.54) is 16.2 Å².